The fourth-order valence-corrected chi connectivity index (χ4v) is 4.34. The third-order valence-corrected chi connectivity index (χ3v) is 6.28. The maximum atomic E-state index is 6.50. The average molecular weight is 423 g/mol. The van der Waals surface area contributed by atoms with Gasteiger partial charge in [0.05, 0.1) is 31.3 Å². The summed E-state index contributed by atoms with van der Waals surface area (Å²) in [5, 5.41) is 3.43. The molecule has 7 nitrogen and oxygen atoms in total. The van der Waals surface area contributed by atoms with Crippen molar-refractivity contribution in [3.05, 3.63) is 30.6 Å². The van der Waals surface area contributed by atoms with Crippen LogP contribution in [0.25, 0.3) is 22.3 Å². The Hall–Kier alpha value is -2.80. The van der Waals surface area contributed by atoms with Gasteiger partial charge in [0.2, 0.25) is 5.88 Å². The maximum absolute atomic E-state index is 6.50. The summed E-state index contributed by atoms with van der Waals surface area (Å²) in [6, 6.07) is 8.45. The molecule has 1 aliphatic heterocycles. The first-order chi connectivity index (χ1) is 15.2. The Kier molecular flexibility index (Phi) is 5.44. The molecule has 1 saturated heterocycles. The van der Waals surface area contributed by atoms with E-state index in [0.29, 0.717) is 30.2 Å². The van der Waals surface area contributed by atoms with Gasteiger partial charge in [0.25, 0.3) is 0 Å². The van der Waals surface area contributed by atoms with E-state index in [1.54, 1.807) is 7.11 Å². The quantitative estimate of drug-likeness (QED) is 0.586. The van der Waals surface area contributed by atoms with E-state index in [-0.39, 0.29) is 6.10 Å². The molecular weight excluding hydrogens is 392 g/mol. The zero-order valence-electron chi connectivity index (χ0n) is 18.4. The highest BCUT2D eigenvalue weighted by molar-refractivity contribution is 5.85. The Balaban J connectivity index is 1.56. The molecule has 0 spiro atoms. The number of hydrogen-bond acceptors (Lipinski definition) is 6. The predicted octanol–water partition coefficient (Wildman–Crippen LogP) is 4.22. The maximum Gasteiger partial charge on any atom is 0.241 e. The summed E-state index contributed by atoms with van der Waals surface area (Å²) in [5.74, 6) is 2.58. The van der Waals surface area contributed by atoms with Gasteiger partial charge in [-0.1, -0.05) is 0 Å². The second-order valence-electron chi connectivity index (χ2n) is 8.44. The molecule has 1 saturated carbocycles. The predicted molar refractivity (Wildman–Crippen MR) is 120 cm³/mol. The molecule has 0 amide bonds. The van der Waals surface area contributed by atoms with E-state index in [0.717, 1.165) is 47.6 Å². The van der Waals surface area contributed by atoms with Crippen LogP contribution in [-0.4, -0.2) is 47.4 Å². The van der Waals surface area contributed by atoms with Gasteiger partial charge in [-0.25, -0.2) is 9.97 Å². The van der Waals surface area contributed by atoms with Gasteiger partial charge in [-0.2, -0.15) is 0 Å². The monoisotopic (exact) mass is 422 g/mol. The van der Waals surface area contributed by atoms with Crippen molar-refractivity contribution >= 4 is 11.0 Å². The van der Waals surface area contributed by atoms with Crippen molar-refractivity contribution in [2.45, 2.75) is 45.3 Å². The van der Waals surface area contributed by atoms with Gasteiger partial charge in [-0.05, 0) is 63.9 Å². The van der Waals surface area contributed by atoms with Crippen molar-refractivity contribution in [3.8, 4) is 28.6 Å². The lowest BCUT2D eigenvalue weighted by Crippen LogP contribution is -2.26. The molecule has 1 aromatic carbocycles. The lowest BCUT2D eigenvalue weighted by atomic mass is 10.0. The van der Waals surface area contributed by atoms with E-state index in [2.05, 4.69) is 16.8 Å². The van der Waals surface area contributed by atoms with Crippen LogP contribution in [0.3, 0.4) is 0 Å². The van der Waals surface area contributed by atoms with Crippen molar-refractivity contribution in [1.29, 1.82) is 0 Å². The summed E-state index contributed by atoms with van der Waals surface area (Å²) in [5.41, 5.74) is 3.68. The Morgan fingerprint density at radius 3 is 2.77 bits per heavy atom. The standard InChI is InChI=1S/C24H30N4O3/c1-4-30-21-8-5-16(11-22(21)29-3)19-12-20-23(28(14-26-20)18-6-7-18)24(27-19)31-15(2)17-9-10-25-13-17/h5,8,11-12,14-15,17-18,25H,4,6-7,9-10,13H2,1-3H3/t15-,17-/m1/s1. The third kappa shape index (κ3) is 3.94. The minimum atomic E-state index is 0.0818. The van der Waals surface area contributed by atoms with E-state index in [1.807, 2.05) is 37.5 Å². The van der Waals surface area contributed by atoms with Gasteiger partial charge < -0.3 is 24.1 Å². The molecule has 2 atom stereocenters. The molecule has 0 bridgehead atoms. The number of benzene rings is 1. The Bertz CT molecular complexity index is 1070. The Labute approximate surface area is 182 Å². The molecular formula is C24H30N4O3. The van der Waals surface area contributed by atoms with Crippen LogP contribution >= 0.6 is 0 Å². The van der Waals surface area contributed by atoms with Crippen LogP contribution < -0.4 is 19.5 Å². The highest BCUT2D eigenvalue weighted by Gasteiger charge is 2.29. The number of pyridine rings is 1. The second kappa shape index (κ2) is 8.38. The lowest BCUT2D eigenvalue weighted by Gasteiger charge is -2.21. The van der Waals surface area contributed by atoms with Crippen molar-refractivity contribution in [2.24, 2.45) is 5.92 Å². The first-order valence-corrected chi connectivity index (χ1v) is 11.2. The van der Waals surface area contributed by atoms with E-state index in [4.69, 9.17) is 24.2 Å². The average Bonchev–Trinajstić information content (AvgIpc) is 3.30. The molecule has 3 aromatic rings. The van der Waals surface area contributed by atoms with Gasteiger partial charge >= 0.3 is 0 Å². The molecule has 2 aliphatic rings. The first-order valence-electron chi connectivity index (χ1n) is 11.2. The summed E-state index contributed by atoms with van der Waals surface area (Å²) in [6.45, 7) is 6.74. The number of rotatable bonds is 8. The fourth-order valence-electron chi connectivity index (χ4n) is 4.34. The summed E-state index contributed by atoms with van der Waals surface area (Å²) >= 11 is 0. The van der Waals surface area contributed by atoms with E-state index in [9.17, 15) is 0 Å². The smallest absolute Gasteiger partial charge is 0.241 e. The minimum Gasteiger partial charge on any atom is -0.493 e. The van der Waals surface area contributed by atoms with Gasteiger partial charge in [-0.3, -0.25) is 0 Å². The number of nitrogens with zero attached hydrogens (tertiary/aromatic N) is 3. The normalized spacial score (nSPS) is 19.5. The Morgan fingerprint density at radius 1 is 1.19 bits per heavy atom. The molecule has 0 radical (unpaired) electrons. The van der Waals surface area contributed by atoms with Gasteiger partial charge in [0.15, 0.2) is 11.5 Å². The Morgan fingerprint density at radius 2 is 2.06 bits per heavy atom. The lowest BCUT2D eigenvalue weighted by molar-refractivity contribution is 0.156. The van der Waals surface area contributed by atoms with E-state index in [1.165, 1.54) is 12.8 Å². The summed E-state index contributed by atoms with van der Waals surface area (Å²) < 4.78 is 19.9. The van der Waals surface area contributed by atoms with Gasteiger partial charge in [-0.15, -0.1) is 0 Å². The van der Waals surface area contributed by atoms with Crippen LogP contribution in [0, 0.1) is 5.92 Å². The fraction of sp³-hybridized carbons (Fsp3) is 0.500. The van der Waals surface area contributed by atoms with Crippen LogP contribution in [0.5, 0.6) is 17.4 Å². The number of ether oxygens (including phenoxy) is 3. The minimum absolute atomic E-state index is 0.0818. The number of methoxy groups -OCH3 is 1. The summed E-state index contributed by atoms with van der Waals surface area (Å²) in [6.07, 6.45) is 5.51. The number of aromatic nitrogens is 3. The van der Waals surface area contributed by atoms with E-state index >= 15 is 0 Å². The van der Waals surface area contributed by atoms with Crippen molar-refractivity contribution < 1.29 is 14.2 Å². The summed E-state index contributed by atoms with van der Waals surface area (Å²) in [4.78, 5) is 9.67. The number of fused-ring (bicyclic) bond motifs is 1. The van der Waals surface area contributed by atoms with Crippen LogP contribution in [0.15, 0.2) is 30.6 Å². The summed E-state index contributed by atoms with van der Waals surface area (Å²) in [7, 11) is 1.65. The molecule has 164 valence electrons. The van der Waals surface area contributed by atoms with Crippen LogP contribution in [0.1, 0.15) is 39.2 Å². The van der Waals surface area contributed by atoms with E-state index < -0.39 is 0 Å². The van der Waals surface area contributed by atoms with Crippen LogP contribution in [0.2, 0.25) is 0 Å². The number of imidazole rings is 1. The van der Waals surface area contributed by atoms with Crippen molar-refractivity contribution in [1.82, 2.24) is 19.9 Å². The molecule has 3 heterocycles. The number of hydrogen-bond donors (Lipinski definition) is 1. The molecule has 0 unspecified atom stereocenters. The topological polar surface area (TPSA) is 70.4 Å². The van der Waals surface area contributed by atoms with Crippen molar-refractivity contribution in [3.63, 3.8) is 0 Å². The van der Waals surface area contributed by atoms with Crippen molar-refractivity contribution in [2.75, 3.05) is 26.8 Å². The molecule has 1 N–H and O–H groups in total. The molecule has 31 heavy (non-hydrogen) atoms. The van der Waals surface area contributed by atoms with Crippen LogP contribution in [-0.2, 0) is 0 Å². The zero-order valence-corrected chi connectivity index (χ0v) is 18.4. The highest BCUT2D eigenvalue weighted by atomic mass is 16.5. The largest absolute Gasteiger partial charge is 0.493 e. The van der Waals surface area contributed by atoms with Gasteiger partial charge in [0, 0.05) is 24.1 Å². The SMILES string of the molecule is CCOc1ccc(-c2cc3ncn(C4CC4)c3c(O[C@H](C)[C@@H]3CCNC3)n2)cc1OC. The zero-order chi connectivity index (χ0) is 21.4. The molecule has 1 aliphatic carbocycles. The highest BCUT2D eigenvalue weighted by Crippen LogP contribution is 2.41. The molecule has 5 rings (SSSR count). The van der Waals surface area contributed by atoms with Gasteiger partial charge in [0.1, 0.15) is 11.6 Å². The second-order valence-corrected chi connectivity index (χ2v) is 8.44. The number of nitrogens with one attached hydrogen (secondary N) is 1. The first kappa shape index (κ1) is 20.1. The molecule has 2 fully saturated rings. The molecule has 2 aromatic heterocycles. The third-order valence-electron chi connectivity index (χ3n) is 6.28. The molecule has 7 heteroatoms. The van der Waals surface area contributed by atoms with Crippen LogP contribution in [0.4, 0.5) is 0 Å².